The number of hydrogen-bond acceptors (Lipinski definition) is 6. The topological polar surface area (TPSA) is 91.3 Å². The van der Waals surface area contributed by atoms with Crippen LogP contribution in [0.25, 0.3) is 0 Å². The summed E-state index contributed by atoms with van der Waals surface area (Å²) in [5.74, 6) is -0.0571. The molecule has 1 unspecified atom stereocenters. The molecule has 0 amide bonds. The van der Waals surface area contributed by atoms with Crippen molar-refractivity contribution in [3.63, 3.8) is 0 Å². The maximum Gasteiger partial charge on any atom is 0.472 e. The summed E-state index contributed by atoms with van der Waals surface area (Å²) in [4.78, 5) is 21.9. The fraction of sp³-hybridized carbons (Fsp3) is 0.966. The summed E-state index contributed by atoms with van der Waals surface area (Å²) in [6.45, 7) is 3.44. The number of carbonyl (C=O) groups is 1. The lowest BCUT2D eigenvalue weighted by Crippen LogP contribution is -2.39. The van der Waals surface area contributed by atoms with Gasteiger partial charge in [-0.25, -0.2) is 4.57 Å². The monoisotopic (exact) mass is 564 g/mol. The van der Waals surface area contributed by atoms with Crippen LogP contribution in [0.3, 0.4) is 0 Å². The van der Waals surface area contributed by atoms with Gasteiger partial charge in [0.2, 0.25) is 0 Å². The number of ether oxygens (including phenoxy) is 2. The van der Waals surface area contributed by atoms with Gasteiger partial charge in [-0.2, -0.15) is 0 Å². The van der Waals surface area contributed by atoms with Gasteiger partial charge in [0.15, 0.2) is 5.78 Å². The molecule has 0 radical (unpaired) electrons. The lowest BCUT2D eigenvalue weighted by Gasteiger charge is -2.28. The van der Waals surface area contributed by atoms with Gasteiger partial charge in [0.25, 0.3) is 0 Å². The van der Waals surface area contributed by atoms with Crippen LogP contribution in [0.2, 0.25) is 0 Å². The predicted octanol–water partition coefficient (Wildman–Crippen LogP) is 6.83. The fourth-order valence-corrected chi connectivity index (χ4v) is 5.38. The number of phosphoric ester groups is 1. The number of rotatable bonds is 26. The summed E-state index contributed by atoms with van der Waals surface area (Å²) in [5, 5.41) is 0. The van der Waals surface area contributed by atoms with E-state index in [4.69, 9.17) is 18.5 Å². The van der Waals surface area contributed by atoms with Crippen molar-refractivity contribution < 1.29 is 37.3 Å². The third-order valence-corrected chi connectivity index (χ3v) is 8.04. The molecule has 226 valence electrons. The molecule has 8 nitrogen and oxygen atoms in total. The maximum atomic E-state index is 12.2. The van der Waals surface area contributed by atoms with E-state index in [0.717, 1.165) is 12.8 Å². The average molecular weight is 565 g/mol. The van der Waals surface area contributed by atoms with Gasteiger partial charge in [-0.05, 0) is 6.42 Å². The number of carbonyl (C=O) groups excluding carboxylic acids is 1. The Morgan fingerprint density at radius 3 is 1.74 bits per heavy atom. The highest BCUT2D eigenvalue weighted by Crippen LogP contribution is 2.45. The molecule has 9 heteroatoms. The molecule has 1 heterocycles. The first kappa shape index (κ1) is 35.7. The second-order valence-corrected chi connectivity index (χ2v) is 13.6. The van der Waals surface area contributed by atoms with Crippen LogP contribution < -0.4 is 0 Å². The molecule has 0 aliphatic carbocycles. The van der Waals surface area contributed by atoms with Crippen LogP contribution >= 0.6 is 7.82 Å². The van der Waals surface area contributed by atoms with Crippen molar-refractivity contribution in [2.75, 3.05) is 60.7 Å². The molecule has 1 N–H and O–H groups in total. The molecule has 1 fully saturated rings. The van der Waals surface area contributed by atoms with Crippen LogP contribution in [0.5, 0.6) is 0 Å². The number of likely N-dealkylation sites (N-methyl/N-ethyl adjacent to an activating group) is 1. The molecule has 38 heavy (non-hydrogen) atoms. The number of nitrogens with zero attached hydrogens (tertiary/aromatic N) is 1. The normalized spacial score (nSPS) is 19.8. The van der Waals surface area contributed by atoms with E-state index >= 15 is 0 Å². The highest BCUT2D eigenvalue weighted by molar-refractivity contribution is 7.47. The molecule has 1 saturated heterocycles. The molecular formula is C29H59NO7P+. The van der Waals surface area contributed by atoms with Gasteiger partial charge in [0.1, 0.15) is 25.4 Å². The number of phosphoric acid groups is 1. The smallest absolute Gasteiger partial charge is 0.378 e. The van der Waals surface area contributed by atoms with E-state index in [0.29, 0.717) is 17.6 Å². The minimum Gasteiger partial charge on any atom is -0.378 e. The van der Waals surface area contributed by atoms with E-state index in [1.165, 1.54) is 89.9 Å². The van der Waals surface area contributed by atoms with Gasteiger partial charge in [-0.15, -0.1) is 0 Å². The summed E-state index contributed by atoms with van der Waals surface area (Å²) < 4.78 is 34.6. The highest BCUT2D eigenvalue weighted by atomic mass is 31.2. The Morgan fingerprint density at radius 1 is 0.789 bits per heavy atom. The van der Waals surface area contributed by atoms with E-state index < -0.39 is 13.4 Å². The van der Waals surface area contributed by atoms with Crippen molar-refractivity contribution in [2.45, 2.75) is 122 Å². The molecule has 0 aromatic rings. The SMILES string of the molecule is CCCCCCCCCCCCCCCCCCOC[C@@]1(COP(=O)(O)OCC[N+](C)(C)C)CC(=O)CO1. The van der Waals surface area contributed by atoms with Gasteiger partial charge in [0.05, 0.1) is 34.4 Å². The van der Waals surface area contributed by atoms with Crippen molar-refractivity contribution in [1.29, 1.82) is 0 Å². The standard InChI is InChI=1S/C29H58NO7P/c1-5-6-7-8-9-10-11-12-13-14-15-16-17-18-19-20-22-34-26-29(24-28(31)25-35-29)27-37-38(32,33)36-23-21-30(2,3)4/h5-27H2,1-4H3/p+1/t29-/m1/s1. The molecule has 0 aromatic carbocycles. The molecular weight excluding hydrogens is 505 g/mol. The zero-order valence-corrected chi connectivity index (χ0v) is 25.9. The lowest BCUT2D eigenvalue weighted by atomic mass is 10.0. The molecule has 2 atom stereocenters. The Kier molecular flexibility index (Phi) is 19.3. The minimum absolute atomic E-state index is 0.0239. The van der Waals surface area contributed by atoms with Crippen LogP contribution in [0.15, 0.2) is 0 Å². The van der Waals surface area contributed by atoms with E-state index in [2.05, 4.69) is 6.92 Å². The first-order valence-electron chi connectivity index (χ1n) is 15.2. The summed E-state index contributed by atoms with van der Waals surface area (Å²) in [6, 6.07) is 0. The van der Waals surface area contributed by atoms with E-state index in [1.807, 2.05) is 21.1 Å². The summed E-state index contributed by atoms with van der Waals surface area (Å²) in [6.07, 6.45) is 21.3. The Bertz CT molecular complexity index is 655. The third-order valence-electron chi connectivity index (χ3n) is 7.07. The van der Waals surface area contributed by atoms with E-state index in [1.54, 1.807) is 0 Å². The van der Waals surface area contributed by atoms with Gasteiger partial charge in [-0.1, -0.05) is 103 Å². The Labute approximate surface area is 233 Å². The fourth-order valence-electron chi connectivity index (χ4n) is 4.60. The van der Waals surface area contributed by atoms with Gasteiger partial charge >= 0.3 is 7.82 Å². The maximum absolute atomic E-state index is 12.2. The second-order valence-electron chi connectivity index (χ2n) is 12.1. The van der Waals surface area contributed by atoms with Crippen LogP contribution in [-0.2, 0) is 27.9 Å². The highest BCUT2D eigenvalue weighted by Gasteiger charge is 2.42. The predicted molar refractivity (Wildman–Crippen MR) is 153 cm³/mol. The van der Waals surface area contributed by atoms with Crippen molar-refractivity contribution in [1.82, 2.24) is 0 Å². The van der Waals surface area contributed by atoms with Crippen molar-refractivity contribution in [3.05, 3.63) is 0 Å². The Balaban J connectivity index is 2.05. The molecule has 0 bridgehead atoms. The first-order chi connectivity index (χ1) is 18.1. The quantitative estimate of drug-likeness (QED) is 0.0699. The zero-order valence-electron chi connectivity index (χ0n) is 25.1. The van der Waals surface area contributed by atoms with Crippen molar-refractivity contribution >= 4 is 13.6 Å². The number of Topliss-reactive ketones (excluding diaryl/α,β-unsaturated/α-hetero) is 1. The average Bonchev–Trinajstić information content (AvgIpc) is 3.22. The first-order valence-corrected chi connectivity index (χ1v) is 16.7. The van der Waals surface area contributed by atoms with Gasteiger partial charge in [0, 0.05) is 13.0 Å². The molecule has 0 aromatic heterocycles. The third kappa shape index (κ3) is 19.7. The molecule has 0 saturated carbocycles. The van der Waals surface area contributed by atoms with Crippen LogP contribution in [0.1, 0.15) is 116 Å². The molecule has 1 aliphatic heterocycles. The van der Waals surface area contributed by atoms with Crippen LogP contribution in [0, 0.1) is 0 Å². The minimum atomic E-state index is -4.23. The largest absolute Gasteiger partial charge is 0.472 e. The summed E-state index contributed by atoms with van der Waals surface area (Å²) in [5.41, 5.74) is -1.02. The molecule has 0 spiro atoms. The number of ketones is 1. The van der Waals surface area contributed by atoms with E-state index in [9.17, 15) is 14.3 Å². The molecule has 1 rings (SSSR count). The Hall–Kier alpha value is -0.340. The number of quaternary nitrogens is 1. The van der Waals surface area contributed by atoms with Gasteiger partial charge in [-0.3, -0.25) is 13.8 Å². The Morgan fingerprint density at radius 2 is 1.29 bits per heavy atom. The molecule has 1 aliphatic rings. The van der Waals surface area contributed by atoms with Gasteiger partial charge < -0.3 is 18.9 Å². The number of hydrogen-bond donors (Lipinski definition) is 1. The summed E-state index contributed by atoms with van der Waals surface area (Å²) >= 11 is 0. The van der Waals surface area contributed by atoms with Crippen molar-refractivity contribution in [2.24, 2.45) is 0 Å². The van der Waals surface area contributed by atoms with Crippen molar-refractivity contribution in [3.8, 4) is 0 Å². The summed E-state index contributed by atoms with van der Waals surface area (Å²) in [7, 11) is 1.68. The lowest BCUT2D eigenvalue weighted by molar-refractivity contribution is -0.870. The van der Waals surface area contributed by atoms with Crippen LogP contribution in [-0.4, -0.2) is 81.5 Å². The number of unbranched alkanes of at least 4 members (excludes halogenated alkanes) is 15. The second kappa shape index (κ2) is 20.5. The zero-order chi connectivity index (χ0) is 28.2. The van der Waals surface area contributed by atoms with Crippen LogP contribution in [0.4, 0.5) is 0 Å². The van der Waals surface area contributed by atoms with E-state index in [-0.39, 0.29) is 38.6 Å².